The van der Waals surface area contributed by atoms with Gasteiger partial charge in [0.2, 0.25) is 10.0 Å². The Balaban J connectivity index is 2.23. The second kappa shape index (κ2) is 7.99. The third kappa shape index (κ3) is 4.81. The van der Waals surface area contributed by atoms with Gasteiger partial charge in [0, 0.05) is 18.6 Å². The zero-order valence-corrected chi connectivity index (χ0v) is 15.0. The summed E-state index contributed by atoms with van der Waals surface area (Å²) in [6, 6.07) is 10.2. The normalized spacial score (nSPS) is 11.8. The van der Waals surface area contributed by atoms with E-state index in [0.29, 0.717) is 10.6 Å². The number of methoxy groups -OCH3 is 1. The van der Waals surface area contributed by atoms with Crippen LogP contribution in [0.1, 0.15) is 5.56 Å². The molecule has 2 rings (SSSR count). The summed E-state index contributed by atoms with van der Waals surface area (Å²) in [5.41, 5.74) is 0.548. The zero-order valence-electron chi connectivity index (χ0n) is 13.4. The Bertz CT molecular complexity index is 846. The lowest BCUT2D eigenvalue weighted by Gasteiger charge is -2.18. The van der Waals surface area contributed by atoms with Gasteiger partial charge < -0.3 is 9.47 Å². The lowest BCUT2D eigenvalue weighted by molar-refractivity contribution is -0.0512. The van der Waals surface area contributed by atoms with Crippen LogP contribution in [0.4, 0.5) is 8.78 Å². The van der Waals surface area contributed by atoms with Crippen LogP contribution in [0, 0.1) is 0 Å². The van der Waals surface area contributed by atoms with Gasteiger partial charge in [-0.25, -0.2) is 8.42 Å². The molecule has 0 bridgehead atoms. The minimum atomic E-state index is -3.75. The summed E-state index contributed by atoms with van der Waals surface area (Å²) in [5, 5.41) is 0.310. The molecule has 0 heterocycles. The molecular weight excluding hydrogens is 376 g/mol. The number of alkyl halides is 2. The molecule has 0 radical (unpaired) electrons. The maximum atomic E-state index is 12.6. The molecule has 0 saturated carbocycles. The molecule has 0 aliphatic rings. The molecule has 0 aliphatic heterocycles. The average Bonchev–Trinajstić information content (AvgIpc) is 2.55. The highest BCUT2D eigenvalue weighted by atomic mass is 35.5. The number of nitrogens with zero attached hydrogens (tertiary/aromatic N) is 1. The van der Waals surface area contributed by atoms with Crippen LogP contribution in [-0.2, 0) is 16.6 Å². The Hall–Kier alpha value is -1.90. The monoisotopic (exact) mass is 391 g/mol. The summed E-state index contributed by atoms with van der Waals surface area (Å²) in [6.45, 7) is -2.97. The summed E-state index contributed by atoms with van der Waals surface area (Å²) in [6.07, 6.45) is 0. The molecule has 0 atom stereocenters. The first-order valence-corrected chi connectivity index (χ1v) is 8.89. The number of halogens is 3. The van der Waals surface area contributed by atoms with Crippen LogP contribution in [0.3, 0.4) is 0 Å². The fraction of sp³-hybridized carbons (Fsp3) is 0.250. The van der Waals surface area contributed by atoms with Gasteiger partial charge >= 0.3 is 6.61 Å². The van der Waals surface area contributed by atoms with Gasteiger partial charge in [-0.05, 0) is 35.9 Å². The molecule has 5 nitrogen and oxygen atoms in total. The molecule has 2 aromatic carbocycles. The summed E-state index contributed by atoms with van der Waals surface area (Å²) < 4.78 is 60.3. The number of ether oxygens (including phenoxy) is 2. The van der Waals surface area contributed by atoms with Crippen LogP contribution in [0.25, 0.3) is 0 Å². The molecule has 0 unspecified atom stereocenters. The number of rotatable bonds is 7. The van der Waals surface area contributed by atoms with Crippen LogP contribution in [0.15, 0.2) is 47.4 Å². The molecule has 25 heavy (non-hydrogen) atoms. The van der Waals surface area contributed by atoms with Crippen molar-refractivity contribution in [1.82, 2.24) is 4.31 Å². The number of benzene rings is 2. The van der Waals surface area contributed by atoms with Gasteiger partial charge in [0.15, 0.2) is 11.5 Å². The minimum Gasteiger partial charge on any atom is -0.493 e. The second-order valence-corrected chi connectivity index (χ2v) is 7.56. The van der Waals surface area contributed by atoms with Crippen molar-refractivity contribution in [1.29, 1.82) is 0 Å². The van der Waals surface area contributed by atoms with E-state index in [0.717, 1.165) is 4.31 Å². The highest BCUT2D eigenvalue weighted by Crippen LogP contribution is 2.30. The average molecular weight is 392 g/mol. The Labute approximate surface area is 149 Å². The molecule has 2 aromatic rings. The van der Waals surface area contributed by atoms with Crippen molar-refractivity contribution in [2.75, 3.05) is 14.2 Å². The van der Waals surface area contributed by atoms with E-state index < -0.39 is 16.6 Å². The van der Waals surface area contributed by atoms with E-state index in [9.17, 15) is 17.2 Å². The van der Waals surface area contributed by atoms with Crippen molar-refractivity contribution in [2.24, 2.45) is 0 Å². The molecular formula is C16H16ClF2NO4S. The van der Waals surface area contributed by atoms with Crippen LogP contribution in [0.2, 0.25) is 5.02 Å². The molecule has 0 aliphatic carbocycles. The predicted octanol–water partition coefficient (Wildman–Crippen LogP) is 3.77. The molecule has 136 valence electrons. The van der Waals surface area contributed by atoms with E-state index in [4.69, 9.17) is 16.3 Å². The van der Waals surface area contributed by atoms with Crippen LogP contribution >= 0.6 is 11.6 Å². The first-order valence-electron chi connectivity index (χ1n) is 7.07. The van der Waals surface area contributed by atoms with E-state index in [1.165, 1.54) is 44.5 Å². The molecule has 0 saturated heterocycles. The molecule has 9 heteroatoms. The van der Waals surface area contributed by atoms with E-state index in [2.05, 4.69) is 4.74 Å². The Morgan fingerprint density at radius 1 is 1.16 bits per heavy atom. The number of sulfonamides is 1. The van der Waals surface area contributed by atoms with E-state index in [1.54, 1.807) is 12.1 Å². The van der Waals surface area contributed by atoms with Crippen LogP contribution in [0.5, 0.6) is 11.5 Å². The highest BCUT2D eigenvalue weighted by Gasteiger charge is 2.22. The summed E-state index contributed by atoms with van der Waals surface area (Å²) in [4.78, 5) is 0.0621. The minimum absolute atomic E-state index is 0.0141. The largest absolute Gasteiger partial charge is 0.493 e. The van der Waals surface area contributed by atoms with Crippen molar-refractivity contribution in [3.05, 3.63) is 53.1 Å². The van der Waals surface area contributed by atoms with Crippen molar-refractivity contribution in [3.63, 3.8) is 0 Å². The lowest BCUT2D eigenvalue weighted by Crippen LogP contribution is -2.26. The summed E-state index contributed by atoms with van der Waals surface area (Å²) >= 11 is 5.84. The number of hydrogen-bond acceptors (Lipinski definition) is 4. The van der Waals surface area contributed by atoms with Gasteiger partial charge in [0.25, 0.3) is 0 Å². The predicted molar refractivity (Wildman–Crippen MR) is 89.7 cm³/mol. The fourth-order valence-corrected chi connectivity index (χ4v) is 3.61. The standard InChI is InChI=1S/C16H16ClF2NO4S/c1-20(25(21,22)13-5-3-4-12(17)9-13)10-11-6-7-14(24-16(18)19)15(8-11)23-2/h3-9,16H,10H2,1-2H3. The number of hydrogen-bond donors (Lipinski definition) is 0. The first-order chi connectivity index (χ1) is 11.7. The van der Waals surface area contributed by atoms with Gasteiger partial charge in [-0.1, -0.05) is 23.7 Å². The quantitative estimate of drug-likeness (QED) is 0.721. The SMILES string of the molecule is COc1cc(CN(C)S(=O)(=O)c2cccc(Cl)c2)ccc1OC(F)F. The molecule has 0 fully saturated rings. The Kier molecular flexibility index (Phi) is 6.21. The van der Waals surface area contributed by atoms with Crippen molar-refractivity contribution in [3.8, 4) is 11.5 Å². The Morgan fingerprint density at radius 2 is 1.88 bits per heavy atom. The molecule has 0 amide bonds. The maximum Gasteiger partial charge on any atom is 0.387 e. The van der Waals surface area contributed by atoms with Gasteiger partial charge in [0.1, 0.15) is 0 Å². The van der Waals surface area contributed by atoms with Crippen LogP contribution < -0.4 is 9.47 Å². The zero-order chi connectivity index (χ0) is 18.6. The van der Waals surface area contributed by atoms with Crippen molar-refractivity contribution >= 4 is 21.6 Å². The van der Waals surface area contributed by atoms with Gasteiger partial charge in [-0.15, -0.1) is 0 Å². The highest BCUT2D eigenvalue weighted by molar-refractivity contribution is 7.89. The smallest absolute Gasteiger partial charge is 0.387 e. The van der Waals surface area contributed by atoms with Gasteiger partial charge in [0.05, 0.1) is 12.0 Å². The Morgan fingerprint density at radius 3 is 2.48 bits per heavy atom. The second-order valence-electron chi connectivity index (χ2n) is 5.08. The third-order valence-electron chi connectivity index (χ3n) is 3.35. The van der Waals surface area contributed by atoms with E-state index in [-0.39, 0.29) is 22.9 Å². The van der Waals surface area contributed by atoms with Crippen LogP contribution in [-0.4, -0.2) is 33.5 Å². The first kappa shape index (κ1) is 19.4. The van der Waals surface area contributed by atoms with Gasteiger partial charge in [-0.2, -0.15) is 13.1 Å². The van der Waals surface area contributed by atoms with E-state index in [1.807, 2.05) is 0 Å². The molecule has 0 aromatic heterocycles. The third-order valence-corrected chi connectivity index (χ3v) is 5.39. The summed E-state index contributed by atoms with van der Waals surface area (Å²) in [5.74, 6) is -0.0343. The van der Waals surface area contributed by atoms with E-state index >= 15 is 0 Å². The topological polar surface area (TPSA) is 55.8 Å². The van der Waals surface area contributed by atoms with Gasteiger partial charge in [-0.3, -0.25) is 0 Å². The maximum absolute atomic E-state index is 12.6. The van der Waals surface area contributed by atoms with Crippen molar-refractivity contribution in [2.45, 2.75) is 18.1 Å². The molecule has 0 spiro atoms. The summed E-state index contributed by atoms with van der Waals surface area (Å²) in [7, 11) is -1.03. The molecule has 0 N–H and O–H groups in total. The lowest BCUT2D eigenvalue weighted by atomic mass is 10.2. The fourth-order valence-electron chi connectivity index (χ4n) is 2.15. The van der Waals surface area contributed by atoms with Crippen molar-refractivity contribution < 1.29 is 26.7 Å².